The van der Waals surface area contributed by atoms with E-state index in [-0.39, 0.29) is 0 Å². The maximum Gasteiger partial charge on any atom is 0.339 e. The third-order valence-electron chi connectivity index (χ3n) is 5.27. The first kappa shape index (κ1) is 22.0. The molecule has 0 bridgehead atoms. The zero-order valence-electron chi connectivity index (χ0n) is 18.8. The second-order valence-electron chi connectivity index (χ2n) is 7.59. The van der Waals surface area contributed by atoms with Crippen molar-refractivity contribution in [2.24, 2.45) is 7.05 Å². The Morgan fingerprint density at radius 3 is 2.42 bits per heavy atom. The smallest absolute Gasteiger partial charge is 0.339 e. The highest BCUT2D eigenvalue weighted by Gasteiger charge is 2.24. The molecule has 0 aliphatic rings. The van der Waals surface area contributed by atoms with Gasteiger partial charge in [-0.15, -0.1) is 0 Å². The van der Waals surface area contributed by atoms with Crippen LogP contribution in [0.15, 0.2) is 60.7 Å². The number of rotatable bonds is 6. The van der Waals surface area contributed by atoms with Gasteiger partial charge in [-0.3, -0.25) is 9.48 Å². The van der Waals surface area contributed by atoms with Gasteiger partial charge in [-0.1, -0.05) is 30.3 Å². The molecular formula is C25H24N4O4. The molecule has 0 saturated carbocycles. The van der Waals surface area contributed by atoms with Gasteiger partial charge in [0.15, 0.2) is 11.8 Å². The minimum atomic E-state index is -1.01. The molecule has 1 amide bonds. The first-order valence-corrected chi connectivity index (χ1v) is 10.4. The number of esters is 1. The average Bonchev–Trinajstić information content (AvgIpc) is 3.12. The fourth-order valence-electron chi connectivity index (χ4n) is 3.56. The number of hydrogen-bond donors (Lipinski definition) is 1. The molecular weight excluding hydrogens is 420 g/mol. The second-order valence-corrected chi connectivity index (χ2v) is 7.59. The van der Waals surface area contributed by atoms with E-state index >= 15 is 0 Å². The number of nitrogens with zero attached hydrogens (tertiary/aromatic N) is 3. The monoisotopic (exact) mass is 444 g/mol. The molecule has 2 aromatic carbocycles. The van der Waals surface area contributed by atoms with Crippen LogP contribution >= 0.6 is 0 Å². The normalized spacial score (nSPS) is 11.8. The molecule has 1 N–H and O–H groups in total. The van der Waals surface area contributed by atoms with Crippen LogP contribution in [0.2, 0.25) is 0 Å². The van der Waals surface area contributed by atoms with Gasteiger partial charge in [0.2, 0.25) is 0 Å². The zero-order valence-corrected chi connectivity index (χ0v) is 18.8. The van der Waals surface area contributed by atoms with Crippen molar-refractivity contribution < 1.29 is 19.1 Å². The van der Waals surface area contributed by atoms with Crippen LogP contribution in [0, 0.1) is 6.92 Å². The van der Waals surface area contributed by atoms with Crippen LogP contribution in [0.1, 0.15) is 23.0 Å². The van der Waals surface area contributed by atoms with Gasteiger partial charge in [0.1, 0.15) is 5.75 Å². The quantitative estimate of drug-likeness (QED) is 0.449. The Labute approximate surface area is 191 Å². The Hall–Kier alpha value is -4.20. The van der Waals surface area contributed by atoms with E-state index < -0.39 is 18.0 Å². The molecule has 0 aliphatic carbocycles. The molecule has 33 heavy (non-hydrogen) atoms. The number of nitrogens with one attached hydrogen (secondary N) is 1. The van der Waals surface area contributed by atoms with Gasteiger partial charge in [0.05, 0.1) is 29.4 Å². The largest absolute Gasteiger partial charge is 0.497 e. The molecule has 8 nitrogen and oxygen atoms in total. The molecule has 0 spiro atoms. The molecule has 0 aliphatic heterocycles. The summed E-state index contributed by atoms with van der Waals surface area (Å²) in [5.41, 5.74) is 3.59. The molecule has 1 atom stereocenters. The summed E-state index contributed by atoms with van der Waals surface area (Å²) in [6.07, 6.45) is -1.01. The van der Waals surface area contributed by atoms with Gasteiger partial charge in [0.25, 0.3) is 5.91 Å². The van der Waals surface area contributed by atoms with Gasteiger partial charge in [-0.2, -0.15) is 5.10 Å². The van der Waals surface area contributed by atoms with Crippen LogP contribution in [0.3, 0.4) is 0 Å². The van der Waals surface area contributed by atoms with Crippen molar-refractivity contribution in [1.29, 1.82) is 0 Å². The third kappa shape index (κ3) is 4.55. The van der Waals surface area contributed by atoms with Crippen LogP contribution in [0.5, 0.6) is 5.75 Å². The minimum Gasteiger partial charge on any atom is -0.497 e. The number of methoxy groups -OCH3 is 1. The summed E-state index contributed by atoms with van der Waals surface area (Å²) in [6, 6.07) is 18.1. The van der Waals surface area contributed by atoms with E-state index in [0.717, 1.165) is 5.56 Å². The first-order valence-electron chi connectivity index (χ1n) is 10.4. The number of anilines is 1. The standard InChI is InChI=1S/C25H24N4O4/c1-15-22-20(14-21(17-8-6-5-7-9-17)27-23(22)29(3)28-15)25(31)33-16(2)24(30)26-18-10-12-19(32-4)13-11-18/h5-14,16H,1-4H3,(H,26,30). The van der Waals surface area contributed by atoms with Crippen LogP contribution in [-0.2, 0) is 16.6 Å². The van der Waals surface area contributed by atoms with Crippen molar-refractivity contribution in [3.8, 4) is 17.0 Å². The number of fused-ring (bicyclic) bond motifs is 1. The third-order valence-corrected chi connectivity index (χ3v) is 5.27. The Morgan fingerprint density at radius 2 is 1.76 bits per heavy atom. The minimum absolute atomic E-state index is 0.313. The highest BCUT2D eigenvalue weighted by molar-refractivity contribution is 6.06. The predicted molar refractivity (Wildman–Crippen MR) is 125 cm³/mol. The highest BCUT2D eigenvalue weighted by Crippen LogP contribution is 2.27. The van der Waals surface area contributed by atoms with E-state index in [1.165, 1.54) is 6.92 Å². The summed E-state index contributed by atoms with van der Waals surface area (Å²) in [5.74, 6) is -0.381. The molecule has 4 aromatic rings. The zero-order chi connectivity index (χ0) is 23.5. The van der Waals surface area contributed by atoms with E-state index in [0.29, 0.717) is 39.4 Å². The average molecular weight is 444 g/mol. The summed E-state index contributed by atoms with van der Waals surface area (Å²) in [5, 5.41) is 7.75. The van der Waals surface area contributed by atoms with Crippen molar-refractivity contribution in [3.63, 3.8) is 0 Å². The lowest BCUT2D eigenvalue weighted by atomic mass is 10.1. The van der Waals surface area contributed by atoms with Crippen LogP contribution in [0.25, 0.3) is 22.3 Å². The summed E-state index contributed by atoms with van der Waals surface area (Å²) in [6.45, 7) is 3.34. The summed E-state index contributed by atoms with van der Waals surface area (Å²) >= 11 is 0. The lowest BCUT2D eigenvalue weighted by Gasteiger charge is -2.15. The topological polar surface area (TPSA) is 95.3 Å². The van der Waals surface area contributed by atoms with E-state index in [4.69, 9.17) is 14.5 Å². The van der Waals surface area contributed by atoms with Crippen molar-refractivity contribution in [3.05, 3.63) is 71.9 Å². The highest BCUT2D eigenvalue weighted by atomic mass is 16.5. The maximum absolute atomic E-state index is 13.2. The lowest BCUT2D eigenvalue weighted by molar-refractivity contribution is -0.123. The Balaban J connectivity index is 1.60. The maximum atomic E-state index is 13.2. The van der Waals surface area contributed by atoms with Crippen molar-refractivity contribution in [1.82, 2.24) is 14.8 Å². The predicted octanol–water partition coefficient (Wildman–Crippen LogP) is 4.14. The van der Waals surface area contributed by atoms with Crippen molar-refractivity contribution in [2.45, 2.75) is 20.0 Å². The number of benzene rings is 2. The lowest BCUT2D eigenvalue weighted by Crippen LogP contribution is -2.30. The summed E-state index contributed by atoms with van der Waals surface area (Å²) in [7, 11) is 3.34. The fourth-order valence-corrected chi connectivity index (χ4v) is 3.56. The van der Waals surface area contributed by atoms with Crippen molar-refractivity contribution in [2.75, 3.05) is 12.4 Å². The van der Waals surface area contributed by atoms with Gasteiger partial charge in [0, 0.05) is 18.3 Å². The molecule has 2 heterocycles. The van der Waals surface area contributed by atoms with Crippen LogP contribution < -0.4 is 10.1 Å². The van der Waals surface area contributed by atoms with E-state index in [9.17, 15) is 9.59 Å². The number of aryl methyl sites for hydroxylation is 2. The fraction of sp³-hybridized carbons (Fsp3) is 0.200. The van der Waals surface area contributed by atoms with Gasteiger partial charge in [-0.05, 0) is 44.2 Å². The number of amides is 1. The number of carbonyl (C=O) groups excluding carboxylic acids is 2. The van der Waals surface area contributed by atoms with Crippen LogP contribution in [0.4, 0.5) is 5.69 Å². The second kappa shape index (κ2) is 9.12. The number of aromatic nitrogens is 3. The Bertz CT molecular complexity index is 1310. The SMILES string of the molecule is COc1ccc(NC(=O)C(C)OC(=O)c2cc(-c3ccccc3)nc3c2c(C)nn3C)cc1. The molecule has 0 saturated heterocycles. The summed E-state index contributed by atoms with van der Waals surface area (Å²) in [4.78, 5) is 30.5. The number of hydrogen-bond acceptors (Lipinski definition) is 6. The molecule has 4 rings (SSSR count). The van der Waals surface area contributed by atoms with Crippen molar-refractivity contribution >= 4 is 28.6 Å². The molecule has 0 radical (unpaired) electrons. The number of pyridine rings is 1. The Morgan fingerprint density at radius 1 is 1.06 bits per heavy atom. The first-order chi connectivity index (χ1) is 15.9. The molecule has 0 fully saturated rings. The molecule has 8 heteroatoms. The number of ether oxygens (including phenoxy) is 2. The van der Waals surface area contributed by atoms with E-state index in [2.05, 4.69) is 10.4 Å². The van der Waals surface area contributed by atoms with Crippen LogP contribution in [-0.4, -0.2) is 39.9 Å². The molecule has 168 valence electrons. The molecule has 2 aromatic heterocycles. The number of carbonyl (C=O) groups is 2. The van der Waals surface area contributed by atoms with Gasteiger partial charge in [-0.25, -0.2) is 9.78 Å². The van der Waals surface area contributed by atoms with Gasteiger partial charge >= 0.3 is 5.97 Å². The van der Waals surface area contributed by atoms with Gasteiger partial charge < -0.3 is 14.8 Å². The summed E-state index contributed by atoms with van der Waals surface area (Å²) < 4.78 is 12.3. The molecule has 1 unspecified atom stereocenters. The van der Waals surface area contributed by atoms with E-state index in [1.54, 1.807) is 49.2 Å². The van der Waals surface area contributed by atoms with E-state index in [1.807, 2.05) is 37.3 Å². The Kier molecular flexibility index (Phi) is 6.08.